The van der Waals surface area contributed by atoms with Gasteiger partial charge in [0.1, 0.15) is 0 Å². The fourth-order valence-corrected chi connectivity index (χ4v) is 4.48. The topological polar surface area (TPSA) is 61.0 Å². The Hall–Kier alpha value is -1.82. The van der Waals surface area contributed by atoms with Crippen LogP contribution in [0.25, 0.3) is 0 Å². The van der Waals surface area contributed by atoms with E-state index in [0.29, 0.717) is 11.8 Å². The second kappa shape index (κ2) is 7.38. The van der Waals surface area contributed by atoms with E-state index in [1.165, 1.54) is 43.9 Å². The third kappa shape index (κ3) is 3.64. The molecule has 0 spiro atoms. The second-order valence-electron chi connectivity index (χ2n) is 6.44. The number of benzene rings is 1. The Kier molecular flexibility index (Phi) is 5.23. The van der Waals surface area contributed by atoms with Crippen LogP contribution in [0.3, 0.4) is 0 Å². The summed E-state index contributed by atoms with van der Waals surface area (Å²) in [7, 11) is 0. The molecule has 1 aromatic carbocycles. The van der Waals surface area contributed by atoms with Crippen LogP contribution in [-0.2, 0) is 5.75 Å². The van der Waals surface area contributed by atoms with Crippen molar-refractivity contribution in [2.45, 2.75) is 62.9 Å². The maximum absolute atomic E-state index is 10.9. The first-order valence-corrected chi connectivity index (χ1v) is 9.46. The van der Waals surface area contributed by atoms with Gasteiger partial charge in [-0.25, -0.2) is 4.98 Å². The SMILES string of the molecule is Cc1nc(SCc2cccc([N+](=O)[O-])c2)n(C2CCCCC2)c1C. The molecule has 3 rings (SSSR count). The lowest BCUT2D eigenvalue weighted by Gasteiger charge is -2.26. The number of nitro benzene ring substituents is 1. The van der Waals surface area contributed by atoms with Gasteiger partial charge in [-0.15, -0.1) is 0 Å². The molecular formula is C18H23N3O2S. The highest BCUT2D eigenvalue weighted by molar-refractivity contribution is 7.98. The molecular weight excluding hydrogens is 322 g/mol. The Morgan fingerprint density at radius 3 is 2.75 bits per heavy atom. The first kappa shape index (κ1) is 17.0. The zero-order chi connectivity index (χ0) is 17.1. The van der Waals surface area contributed by atoms with Crippen molar-refractivity contribution in [1.82, 2.24) is 9.55 Å². The Balaban J connectivity index is 1.79. The van der Waals surface area contributed by atoms with Gasteiger partial charge in [0, 0.05) is 29.6 Å². The molecule has 2 aromatic rings. The molecule has 1 heterocycles. The van der Waals surface area contributed by atoms with Gasteiger partial charge in [0.15, 0.2) is 5.16 Å². The number of nitrogens with zero attached hydrogens (tertiary/aromatic N) is 3. The molecule has 0 atom stereocenters. The van der Waals surface area contributed by atoms with Gasteiger partial charge in [-0.05, 0) is 32.3 Å². The van der Waals surface area contributed by atoms with E-state index in [1.807, 2.05) is 6.07 Å². The number of nitro groups is 1. The molecule has 128 valence electrons. The van der Waals surface area contributed by atoms with E-state index in [0.717, 1.165) is 16.4 Å². The predicted molar refractivity (Wildman–Crippen MR) is 96.5 cm³/mol. The summed E-state index contributed by atoms with van der Waals surface area (Å²) in [5.74, 6) is 0.699. The van der Waals surface area contributed by atoms with Crippen molar-refractivity contribution in [3.63, 3.8) is 0 Å². The maximum Gasteiger partial charge on any atom is 0.269 e. The van der Waals surface area contributed by atoms with Gasteiger partial charge in [-0.3, -0.25) is 10.1 Å². The molecule has 0 radical (unpaired) electrons. The van der Waals surface area contributed by atoms with Crippen LogP contribution in [0.2, 0.25) is 0 Å². The van der Waals surface area contributed by atoms with E-state index in [9.17, 15) is 10.1 Å². The first-order chi connectivity index (χ1) is 11.6. The van der Waals surface area contributed by atoms with E-state index < -0.39 is 0 Å². The third-order valence-corrected chi connectivity index (χ3v) is 5.81. The molecule has 1 saturated carbocycles. The number of non-ortho nitro benzene ring substituents is 1. The zero-order valence-electron chi connectivity index (χ0n) is 14.2. The summed E-state index contributed by atoms with van der Waals surface area (Å²) >= 11 is 1.68. The Morgan fingerprint density at radius 2 is 2.04 bits per heavy atom. The smallest absolute Gasteiger partial charge is 0.269 e. The van der Waals surface area contributed by atoms with Gasteiger partial charge >= 0.3 is 0 Å². The molecule has 0 N–H and O–H groups in total. The summed E-state index contributed by atoms with van der Waals surface area (Å²) in [4.78, 5) is 15.3. The fourth-order valence-electron chi connectivity index (χ4n) is 3.37. The summed E-state index contributed by atoms with van der Waals surface area (Å²) in [6.45, 7) is 4.21. The fraction of sp³-hybridized carbons (Fsp3) is 0.500. The van der Waals surface area contributed by atoms with Crippen LogP contribution < -0.4 is 0 Å². The molecule has 6 heteroatoms. The monoisotopic (exact) mass is 345 g/mol. The summed E-state index contributed by atoms with van der Waals surface area (Å²) in [6.07, 6.45) is 6.36. The van der Waals surface area contributed by atoms with Crippen LogP contribution in [0.1, 0.15) is 55.1 Å². The normalized spacial score (nSPS) is 15.6. The highest BCUT2D eigenvalue weighted by Gasteiger charge is 2.22. The average Bonchev–Trinajstić information content (AvgIpc) is 2.88. The number of rotatable bonds is 5. The quantitative estimate of drug-likeness (QED) is 0.424. The van der Waals surface area contributed by atoms with Crippen LogP contribution in [0.15, 0.2) is 29.4 Å². The van der Waals surface area contributed by atoms with Gasteiger partial charge in [0.25, 0.3) is 5.69 Å². The van der Waals surface area contributed by atoms with Gasteiger partial charge in [0.05, 0.1) is 10.6 Å². The van der Waals surface area contributed by atoms with Gasteiger partial charge in [-0.2, -0.15) is 0 Å². The molecule has 0 unspecified atom stereocenters. The summed E-state index contributed by atoms with van der Waals surface area (Å²) < 4.78 is 2.40. The number of hydrogen-bond acceptors (Lipinski definition) is 4. The number of hydrogen-bond donors (Lipinski definition) is 0. The Labute approximate surface area is 146 Å². The van der Waals surface area contributed by atoms with E-state index in [4.69, 9.17) is 4.98 Å². The minimum Gasteiger partial charge on any atom is -0.320 e. The van der Waals surface area contributed by atoms with Crippen molar-refractivity contribution in [1.29, 1.82) is 0 Å². The molecule has 5 nitrogen and oxygen atoms in total. The lowest BCUT2D eigenvalue weighted by Crippen LogP contribution is -2.15. The number of imidazole rings is 1. The van der Waals surface area contributed by atoms with Crippen LogP contribution in [0.4, 0.5) is 5.69 Å². The zero-order valence-corrected chi connectivity index (χ0v) is 15.0. The van der Waals surface area contributed by atoms with E-state index >= 15 is 0 Å². The molecule has 1 aromatic heterocycles. The standard InChI is InChI=1S/C18H23N3O2S/c1-13-14(2)20(16-8-4-3-5-9-16)18(19-13)24-12-15-7-6-10-17(11-15)21(22)23/h6-7,10-11,16H,3-5,8-9,12H2,1-2H3. The third-order valence-electron chi connectivity index (χ3n) is 4.78. The molecule has 1 fully saturated rings. The van der Waals surface area contributed by atoms with Crippen molar-refractivity contribution in [2.24, 2.45) is 0 Å². The van der Waals surface area contributed by atoms with Crippen molar-refractivity contribution in [2.75, 3.05) is 0 Å². The van der Waals surface area contributed by atoms with Crippen molar-refractivity contribution in [3.05, 3.63) is 51.3 Å². The van der Waals surface area contributed by atoms with Crippen LogP contribution >= 0.6 is 11.8 Å². The summed E-state index contributed by atoms with van der Waals surface area (Å²) in [5.41, 5.74) is 3.45. The highest BCUT2D eigenvalue weighted by atomic mass is 32.2. The lowest BCUT2D eigenvalue weighted by molar-refractivity contribution is -0.384. The Morgan fingerprint density at radius 1 is 1.29 bits per heavy atom. The van der Waals surface area contributed by atoms with Crippen molar-refractivity contribution < 1.29 is 4.92 Å². The minimum absolute atomic E-state index is 0.149. The number of aryl methyl sites for hydroxylation is 1. The maximum atomic E-state index is 10.9. The van der Waals surface area contributed by atoms with Gasteiger partial charge in [0.2, 0.25) is 0 Å². The molecule has 0 bridgehead atoms. The highest BCUT2D eigenvalue weighted by Crippen LogP contribution is 2.35. The first-order valence-electron chi connectivity index (χ1n) is 8.48. The largest absolute Gasteiger partial charge is 0.320 e. The van der Waals surface area contributed by atoms with E-state index in [-0.39, 0.29) is 10.6 Å². The minimum atomic E-state index is -0.342. The second-order valence-corrected chi connectivity index (χ2v) is 7.39. The summed E-state index contributed by atoms with van der Waals surface area (Å²) in [5, 5.41) is 12.0. The van der Waals surface area contributed by atoms with Crippen molar-refractivity contribution >= 4 is 17.4 Å². The number of aromatic nitrogens is 2. The van der Waals surface area contributed by atoms with Gasteiger partial charge < -0.3 is 4.57 Å². The molecule has 1 aliphatic carbocycles. The molecule has 1 aliphatic rings. The van der Waals surface area contributed by atoms with E-state index in [2.05, 4.69) is 18.4 Å². The van der Waals surface area contributed by atoms with E-state index in [1.54, 1.807) is 23.9 Å². The van der Waals surface area contributed by atoms with Gasteiger partial charge in [-0.1, -0.05) is 43.2 Å². The molecule has 24 heavy (non-hydrogen) atoms. The van der Waals surface area contributed by atoms with Crippen LogP contribution in [0.5, 0.6) is 0 Å². The average molecular weight is 345 g/mol. The lowest BCUT2D eigenvalue weighted by atomic mass is 9.95. The van der Waals surface area contributed by atoms with Crippen LogP contribution in [-0.4, -0.2) is 14.5 Å². The van der Waals surface area contributed by atoms with Crippen LogP contribution in [0, 0.1) is 24.0 Å². The Bertz CT molecular complexity index is 736. The molecule has 0 saturated heterocycles. The molecule has 0 amide bonds. The summed E-state index contributed by atoms with van der Waals surface area (Å²) in [6, 6.07) is 7.42. The predicted octanol–water partition coefficient (Wildman–Crippen LogP) is 5.21. The van der Waals surface area contributed by atoms with Crippen molar-refractivity contribution in [3.8, 4) is 0 Å². The number of thioether (sulfide) groups is 1. The molecule has 0 aliphatic heterocycles.